The summed E-state index contributed by atoms with van der Waals surface area (Å²) in [6, 6.07) is 5.48. The summed E-state index contributed by atoms with van der Waals surface area (Å²) < 4.78 is 10.6. The monoisotopic (exact) mass is 281 g/mol. The first-order valence-corrected chi connectivity index (χ1v) is 7.09. The van der Waals surface area contributed by atoms with Crippen LogP contribution in [0.5, 0.6) is 11.5 Å². The minimum atomic E-state index is 0.0312. The lowest BCUT2D eigenvalue weighted by atomic mass is 10.0. The number of ether oxygens (including phenoxy) is 2. The van der Waals surface area contributed by atoms with Gasteiger partial charge in [-0.3, -0.25) is 4.79 Å². The predicted octanol–water partition coefficient (Wildman–Crippen LogP) is 2.65. The molecule has 1 aromatic rings. The smallest absolute Gasteiger partial charge is 0.254 e. The highest BCUT2D eigenvalue weighted by Gasteiger charge is 2.27. The van der Waals surface area contributed by atoms with Gasteiger partial charge in [0.15, 0.2) is 11.5 Å². The molecule has 19 heavy (non-hydrogen) atoms. The van der Waals surface area contributed by atoms with Crippen LogP contribution in [0.25, 0.3) is 0 Å². The summed E-state index contributed by atoms with van der Waals surface area (Å²) in [5.74, 6) is 1.87. The molecule has 102 valence electrons. The molecule has 2 aliphatic heterocycles. The predicted molar refractivity (Wildman–Crippen MR) is 72.0 cm³/mol. The Labute approximate surface area is 117 Å². The fourth-order valence-corrected chi connectivity index (χ4v) is 2.94. The van der Waals surface area contributed by atoms with E-state index in [2.05, 4.69) is 0 Å². The van der Waals surface area contributed by atoms with Crippen molar-refractivity contribution in [2.24, 2.45) is 0 Å². The Kier molecular flexibility index (Phi) is 3.51. The summed E-state index contributed by atoms with van der Waals surface area (Å²) in [6.07, 6.45) is 3.17. The van der Waals surface area contributed by atoms with Crippen molar-refractivity contribution in [3.63, 3.8) is 0 Å². The van der Waals surface area contributed by atoms with Gasteiger partial charge in [0.05, 0.1) is 0 Å². The lowest BCUT2D eigenvalue weighted by Gasteiger charge is -2.34. The third-order valence-electron chi connectivity index (χ3n) is 3.69. The van der Waals surface area contributed by atoms with Gasteiger partial charge in [-0.15, -0.1) is 11.6 Å². The molecule has 0 N–H and O–H groups in total. The second-order valence-electron chi connectivity index (χ2n) is 4.87. The van der Waals surface area contributed by atoms with Crippen molar-refractivity contribution >= 4 is 17.5 Å². The number of alkyl halides is 1. The molecule has 0 bridgehead atoms. The van der Waals surface area contributed by atoms with Gasteiger partial charge in [0.25, 0.3) is 5.91 Å². The highest BCUT2D eigenvalue weighted by atomic mass is 35.5. The van der Waals surface area contributed by atoms with E-state index in [1.807, 2.05) is 4.90 Å². The Bertz CT molecular complexity index is 492. The standard InChI is InChI=1S/C14H16ClNO3/c15-8-11-3-1-2-6-16(11)14(17)10-4-5-12-13(7-10)19-9-18-12/h4-5,7,11H,1-3,6,8-9H2. The van der Waals surface area contributed by atoms with Gasteiger partial charge in [0.1, 0.15) is 0 Å². The summed E-state index contributed by atoms with van der Waals surface area (Å²) >= 11 is 5.96. The second kappa shape index (κ2) is 5.29. The van der Waals surface area contributed by atoms with Gasteiger partial charge in [-0.2, -0.15) is 0 Å². The summed E-state index contributed by atoms with van der Waals surface area (Å²) in [7, 11) is 0. The number of halogens is 1. The van der Waals surface area contributed by atoms with Gasteiger partial charge in [0.2, 0.25) is 6.79 Å². The van der Waals surface area contributed by atoms with Crippen LogP contribution in [0, 0.1) is 0 Å². The molecule has 4 nitrogen and oxygen atoms in total. The average molecular weight is 282 g/mol. The molecule has 0 radical (unpaired) electrons. The first-order chi connectivity index (χ1) is 9.29. The molecule has 5 heteroatoms. The zero-order valence-corrected chi connectivity index (χ0v) is 11.4. The third-order valence-corrected chi connectivity index (χ3v) is 4.04. The molecule has 3 rings (SSSR count). The molecular weight excluding hydrogens is 266 g/mol. The van der Waals surface area contributed by atoms with Crippen molar-refractivity contribution in [2.75, 3.05) is 19.2 Å². The molecular formula is C14H16ClNO3. The van der Waals surface area contributed by atoms with Crippen LogP contribution in [0.1, 0.15) is 29.6 Å². The number of hydrogen-bond acceptors (Lipinski definition) is 3. The van der Waals surface area contributed by atoms with Gasteiger partial charge in [-0.1, -0.05) is 0 Å². The number of rotatable bonds is 2. The summed E-state index contributed by atoms with van der Waals surface area (Å²) in [4.78, 5) is 14.4. The molecule has 2 aliphatic rings. The normalized spacial score (nSPS) is 21.5. The van der Waals surface area contributed by atoms with E-state index in [-0.39, 0.29) is 18.7 Å². The van der Waals surface area contributed by atoms with E-state index in [1.165, 1.54) is 0 Å². The van der Waals surface area contributed by atoms with Gasteiger partial charge < -0.3 is 14.4 Å². The summed E-state index contributed by atoms with van der Waals surface area (Å²) in [6.45, 7) is 1.01. The molecule has 0 saturated carbocycles. The van der Waals surface area contributed by atoms with Crippen molar-refractivity contribution in [2.45, 2.75) is 25.3 Å². The second-order valence-corrected chi connectivity index (χ2v) is 5.18. The molecule has 1 atom stereocenters. The lowest BCUT2D eigenvalue weighted by Crippen LogP contribution is -2.44. The number of nitrogens with zero attached hydrogens (tertiary/aromatic N) is 1. The van der Waals surface area contributed by atoms with E-state index in [1.54, 1.807) is 18.2 Å². The maximum atomic E-state index is 12.5. The van der Waals surface area contributed by atoms with E-state index in [4.69, 9.17) is 21.1 Å². The molecule has 2 heterocycles. The number of carbonyl (C=O) groups is 1. The maximum absolute atomic E-state index is 12.5. The van der Waals surface area contributed by atoms with Crippen molar-refractivity contribution in [1.29, 1.82) is 0 Å². The average Bonchev–Trinajstić information content (AvgIpc) is 2.93. The van der Waals surface area contributed by atoms with Crippen molar-refractivity contribution < 1.29 is 14.3 Å². The van der Waals surface area contributed by atoms with Gasteiger partial charge >= 0.3 is 0 Å². The SMILES string of the molecule is O=C(c1ccc2c(c1)OCO2)N1CCCCC1CCl. The highest BCUT2D eigenvalue weighted by molar-refractivity contribution is 6.18. The first kappa shape index (κ1) is 12.6. The summed E-state index contributed by atoms with van der Waals surface area (Å²) in [5.41, 5.74) is 0.640. The van der Waals surface area contributed by atoms with Crippen LogP contribution in [-0.4, -0.2) is 36.1 Å². The van der Waals surface area contributed by atoms with Crippen LogP contribution >= 0.6 is 11.6 Å². The van der Waals surface area contributed by atoms with E-state index < -0.39 is 0 Å². The van der Waals surface area contributed by atoms with Crippen LogP contribution < -0.4 is 9.47 Å². The number of fused-ring (bicyclic) bond motifs is 1. The van der Waals surface area contributed by atoms with Crippen LogP contribution in [0.4, 0.5) is 0 Å². The van der Waals surface area contributed by atoms with Crippen molar-refractivity contribution in [3.05, 3.63) is 23.8 Å². The zero-order valence-electron chi connectivity index (χ0n) is 10.6. The minimum Gasteiger partial charge on any atom is -0.454 e. The third kappa shape index (κ3) is 2.37. The number of benzene rings is 1. The van der Waals surface area contributed by atoms with Gasteiger partial charge in [0, 0.05) is 24.0 Å². The highest BCUT2D eigenvalue weighted by Crippen LogP contribution is 2.33. The molecule has 0 aliphatic carbocycles. The van der Waals surface area contributed by atoms with Gasteiger partial charge in [-0.25, -0.2) is 0 Å². The number of likely N-dealkylation sites (tertiary alicyclic amines) is 1. The van der Waals surface area contributed by atoms with Gasteiger partial charge in [-0.05, 0) is 37.5 Å². The molecule has 1 aromatic carbocycles. The molecule has 1 fully saturated rings. The number of hydrogen-bond donors (Lipinski definition) is 0. The van der Waals surface area contributed by atoms with Crippen molar-refractivity contribution in [3.8, 4) is 11.5 Å². The van der Waals surface area contributed by atoms with Crippen LogP contribution in [0.3, 0.4) is 0 Å². The van der Waals surface area contributed by atoms with Crippen molar-refractivity contribution in [1.82, 2.24) is 4.90 Å². The Hall–Kier alpha value is -1.42. The van der Waals surface area contributed by atoms with E-state index in [0.29, 0.717) is 22.9 Å². The fraction of sp³-hybridized carbons (Fsp3) is 0.500. The quantitative estimate of drug-likeness (QED) is 0.782. The molecule has 0 aromatic heterocycles. The number of amides is 1. The molecule has 1 saturated heterocycles. The Morgan fingerprint density at radius 2 is 2.16 bits per heavy atom. The Morgan fingerprint density at radius 1 is 1.32 bits per heavy atom. The molecule has 1 unspecified atom stereocenters. The largest absolute Gasteiger partial charge is 0.454 e. The minimum absolute atomic E-state index is 0.0312. The number of piperidine rings is 1. The molecule has 1 amide bonds. The topological polar surface area (TPSA) is 38.8 Å². The maximum Gasteiger partial charge on any atom is 0.254 e. The summed E-state index contributed by atoms with van der Waals surface area (Å²) in [5, 5.41) is 0. The van der Waals surface area contributed by atoms with E-state index in [0.717, 1.165) is 25.8 Å². The zero-order chi connectivity index (χ0) is 13.2. The van der Waals surface area contributed by atoms with E-state index >= 15 is 0 Å². The Balaban J connectivity index is 1.82. The van der Waals surface area contributed by atoms with E-state index in [9.17, 15) is 4.79 Å². The first-order valence-electron chi connectivity index (χ1n) is 6.56. The fourth-order valence-electron chi connectivity index (χ4n) is 2.62. The van der Waals surface area contributed by atoms with Crippen LogP contribution in [0.15, 0.2) is 18.2 Å². The van der Waals surface area contributed by atoms with Crippen LogP contribution in [0.2, 0.25) is 0 Å². The number of carbonyl (C=O) groups excluding carboxylic acids is 1. The van der Waals surface area contributed by atoms with Crippen LogP contribution in [-0.2, 0) is 0 Å². The Morgan fingerprint density at radius 3 is 3.00 bits per heavy atom. The molecule has 0 spiro atoms. The lowest BCUT2D eigenvalue weighted by molar-refractivity contribution is 0.0639.